The Morgan fingerprint density at radius 2 is 1.91 bits per heavy atom. The van der Waals surface area contributed by atoms with Crippen molar-refractivity contribution in [2.24, 2.45) is 5.41 Å². The van der Waals surface area contributed by atoms with Crippen LogP contribution in [0, 0.1) is 16.7 Å². The van der Waals surface area contributed by atoms with Crippen LogP contribution in [0.15, 0.2) is 34.9 Å². The highest BCUT2D eigenvalue weighted by atomic mass is 16.5. The molecule has 7 nitrogen and oxygen atoms in total. The fourth-order valence-electron chi connectivity index (χ4n) is 4.71. The molecule has 2 aromatic heterocycles. The number of nitrogens with zero attached hydrogens (tertiary/aromatic N) is 5. The summed E-state index contributed by atoms with van der Waals surface area (Å²) in [5.41, 5.74) is 4.69. The third kappa shape index (κ3) is 4.63. The summed E-state index contributed by atoms with van der Waals surface area (Å²) in [6, 6.07) is 11.8. The predicted octanol–water partition coefficient (Wildman–Crippen LogP) is 4.91. The first-order valence-corrected chi connectivity index (χ1v) is 12.2. The molecule has 7 heteroatoms. The van der Waals surface area contributed by atoms with Gasteiger partial charge >= 0.3 is 0 Å². The van der Waals surface area contributed by atoms with Crippen molar-refractivity contribution in [1.29, 1.82) is 5.26 Å². The van der Waals surface area contributed by atoms with Crippen molar-refractivity contribution < 1.29 is 9.32 Å². The van der Waals surface area contributed by atoms with Crippen LogP contribution in [0.3, 0.4) is 0 Å². The Labute approximate surface area is 200 Å². The van der Waals surface area contributed by atoms with Crippen LogP contribution in [0.5, 0.6) is 0 Å². The Balaban J connectivity index is 1.43. The SMILES string of the molecule is CC(C)(C)Cc1noc2nc(C3CC3)cc(C(=O)N3CCCN(c4ccc(C#N)cc4)CC3)c12. The molecule has 0 N–H and O–H groups in total. The summed E-state index contributed by atoms with van der Waals surface area (Å²) >= 11 is 0. The molecule has 3 heterocycles. The van der Waals surface area contributed by atoms with E-state index < -0.39 is 0 Å². The minimum absolute atomic E-state index is 0.0173. The minimum atomic E-state index is 0.0173. The lowest BCUT2D eigenvalue weighted by Gasteiger charge is -2.24. The fraction of sp³-hybridized carbons (Fsp3) is 0.481. The van der Waals surface area contributed by atoms with E-state index in [1.807, 2.05) is 35.2 Å². The molecular weight excluding hydrogens is 426 g/mol. The van der Waals surface area contributed by atoms with Gasteiger partial charge in [0, 0.05) is 43.5 Å². The number of hydrogen-bond acceptors (Lipinski definition) is 6. The normalized spacial score (nSPS) is 17.0. The summed E-state index contributed by atoms with van der Waals surface area (Å²) in [6.45, 7) is 9.45. The molecule has 5 rings (SSSR count). The number of hydrogen-bond donors (Lipinski definition) is 0. The van der Waals surface area contributed by atoms with E-state index >= 15 is 0 Å². The average Bonchev–Trinajstić information content (AvgIpc) is 3.63. The van der Waals surface area contributed by atoms with E-state index in [0.29, 0.717) is 35.8 Å². The van der Waals surface area contributed by atoms with Gasteiger partial charge in [0.25, 0.3) is 11.6 Å². The van der Waals surface area contributed by atoms with Gasteiger partial charge in [-0.2, -0.15) is 5.26 Å². The van der Waals surface area contributed by atoms with Gasteiger partial charge in [-0.1, -0.05) is 25.9 Å². The lowest BCUT2D eigenvalue weighted by Crippen LogP contribution is -2.35. The number of benzene rings is 1. The zero-order valence-corrected chi connectivity index (χ0v) is 20.2. The van der Waals surface area contributed by atoms with E-state index in [-0.39, 0.29) is 11.3 Å². The molecule has 2 aliphatic rings. The Kier molecular flexibility index (Phi) is 5.76. The number of amides is 1. The lowest BCUT2D eigenvalue weighted by molar-refractivity contribution is 0.0768. The van der Waals surface area contributed by atoms with E-state index in [1.54, 1.807) is 0 Å². The van der Waals surface area contributed by atoms with Gasteiger partial charge in [-0.15, -0.1) is 0 Å². The standard InChI is InChI=1S/C27H31N5O2/c1-27(2,3)16-23-24-21(15-22(19-7-8-19)29-25(24)34-30-23)26(33)32-12-4-11-31(13-14-32)20-9-5-18(17-28)6-10-20/h5-6,9-10,15,19H,4,7-8,11-14,16H2,1-3H3. The van der Waals surface area contributed by atoms with Crippen LogP contribution in [0.25, 0.3) is 11.1 Å². The van der Waals surface area contributed by atoms with Gasteiger partial charge < -0.3 is 14.3 Å². The number of carbonyl (C=O) groups is 1. The summed E-state index contributed by atoms with van der Waals surface area (Å²) in [5.74, 6) is 0.456. The number of fused-ring (bicyclic) bond motifs is 1. The van der Waals surface area contributed by atoms with Gasteiger partial charge in [-0.25, -0.2) is 4.98 Å². The van der Waals surface area contributed by atoms with Crippen molar-refractivity contribution in [1.82, 2.24) is 15.0 Å². The van der Waals surface area contributed by atoms with Crippen molar-refractivity contribution in [2.45, 2.75) is 52.4 Å². The van der Waals surface area contributed by atoms with Crippen LogP contribution in [0.4, 0.5) is 5.69 Å². The number of pyridine rings is 1. The van der Waals surface area contributed by atoms with Crippen molar-refractivity contribution in [3.8, 4) is 6.07 Å². The number of rotatable bonds is 4. The third-order valence-electron chi connectivity index (χ3n) is 6.61. The number of nitriles is 1. The van der Waals surface area contributed by atoms with Gasteiger partial charge in [-0.05, 0) is 61.4 Å². The van der Waals surface area contributed by atoms with Crippen LogP contribution in [-0.4, -0.2) is 47.1 Å². The number of carbonyl (C=O) groups excluding carboxylic acids is 1. The Morgan fingerprint density at radius 3 is 2.59 bits per heavy atom. The van der Waals surface area contributed by atoms with Crippen LogP contribution in [0.2, 0.25) is 0 Å². The summed E-state index contributed by atoms with van der Waals surface area (Å²) in [6.07, 6.45) is 3.82. The Bertz CT molecular complexity index is 1240. The molecule has 0 spiro atoms. The van der Waals surface area contributed by atoms with E-state index in [4.69, 9.17) is 14.8 Å². The van der Waals surface area contributed by atoms with Crippen molar-refractivity contribution in [3.05, 3.63) is 52.8 Å². The maximum absolute atomic E-state index is 13.9. The Hall–Kier alpha value is -3.40. The predicted molar refractivity (Wildman–Crippen MR) is 131 cm³/mol. The summed E-state index contributed by atoms with van der Waals surface area (Å²) in [5, 5.41) is 14.2. The third-order valence-corrected chi connectivity index (χ3v) is 6.61. The fourth-order valence-corrected chi connectivity index (χ4v) is 4.71. The van der Waals surface area contributed by atoms with Crippen LogP contribution in [0.1, 0.15) is 73.3 Å². The van der Waals surface area contributed by atoms with Gasteiger partial charge in [0.2, 0.25) is 0 Å². The molecule has 2 fully saturated rings. The molecule has 176 valence electrons. The summed E-state index contributed by atoms with van der Waals surface area (Å²) < 4.78 is 5.65. The van der Waals surface area contributed by atoms with Gasteiger partial charge in [0.15, 0.2) is 0 Å². The van der Waals surface area contributed by atoms with Crippen molar-refractivity contribution in [2.75, 3.05) is 31.1 Å². The smallest absolute Gasteiger partial charge is 0.259 e. The first-order chi connectivity index (χ1) is 16.3. The molecule has 1 aliphatic carbocycles. The first-order valence-electron chi connectivity index (χ1n) is 12.2. The summed E-state index contributed by atoms with van der Waals surface area (Å²) in [4.78, 5) is 22.9. The molecule has 1 aromatic carbocycles. The van der Waals surface area contributed by atoms with Crippen LogP contribution >= 0.6 is 0 Å². The van der Waals surface area contributed by atoms with E-state index in [0.717, 1.165) is 61.2 Å². The molecule has 0 bridgehead atoms. The van der Waals surface area contributed by atoms with Crippen molar-refractivity contribution >= 4 is 22.7 Å². The molecule has 1 saturated carbocycles. The molecule has 0 unspecified atom stereocenters. The summed E-state index contributed by atoms with van der Waals surface area (Å²) in [7, 11) is 0. The molecule has 0 radical (unpaired) electrons. The Morgan fingerprint density at radius 1 is 1.15 bits per heavy atom. The number of anilines is 1. The molecule has 0 atom stereocenters. The minimum Gasteiger partial charge on any atom is -0.370 e. The highest BCUT2D eigenvalue weighted by molar-refractivity contribution is 6.06. The molecule has 34 heavy (non-hydrogen) atoms. The zero-order chi connectivity index (χ0) is 23.9. The maximum atomic E-state index is 13.9. The largest absolute Gasteiger partial charge is 0.370 e. The molecule has 1 amide bonds. The highest BCUT2D eigenvalue weighted by Crippen LogP contribution is 2.41. The molecule has 3 aromatic rings. The molecule has 1 saturated heterocycles. The zero-order valence-electron chi connectivity index (χ0n) is 20.2. The van der Waals surface area contributed by atoms with E-state index in [2.05, 4.69) is 36.9 Å². The lowest BCUT2D eigenvalue weighted by atomic mass is 9.89. The van der Waals surface area contributed by atoms with Gasteiger partial charge in [-0.3, -0.25) is 4.79 Å². The molecular formula is C27H31N5O2. The quantitative estimate of drug-likeness (QED) is 0.553. The van der Waals surface area contributed by atoms with Crippen molar-refractivity contribution in [3.63, 3.8) is 0 Å². The van der Waals surface area contributed by atoms with E-state index in [1.165, 1.54) is 0 Å². The second kappa shape index (κ2) is 8.75. The van der Waals surface area contributed by atoms with E-state index in [9.17, 15) is 4.79 Å². The average molecular weight is 458 g/mol. The van der Waals surface area contributed by atoms with Gasteiger partial charge in [0.1, 0.15) is 0 Å². The second-order valence-electron chi connectivity index (χ2n) is 10.7. The highest BCUT2D eigenvalue weighted by Gasteiger charge is 2.31. The van der Waals surface area contributed by atoms with Gasteiger partial charge in [0.05, 0.1) is 28.3 Å². The first kappa shape index (κ1) is 22.4. The van der Waals surface area contributed by atoms with Crippen LogP contribution in [-0.2, 0) is 6.42 Å². The van der Waals surface area contributed by atoms with Crippen LogP contribution < -0.4 is 4.90 Å². The topological polar surface area (TPSA) is 86.3 Å². The number of aromatic nitrogens is 2. The molecule has 1 aliphatic heterocycles. The maximum Gasteiger partial charge on any atom is 0.259 e. The second-order valence-corrected chi connectivity index (χ2v) is 10.7. The monoisotopic (exact) mass is 457 g/mol.